The molecule has 6 nitrogen and oxygen atoms in total. The third-order valence-electron chi connectivity index (χ3n) is 3.34. The second-order valence-corrected chi connectivity index (χ2v) is 4.88. The second-order valence-electron chi connectivity index (χ2n) is 4.88. The average molecular weight is 393 g/mol. The molecule has 1 aromatic rings. The van der Waals surface area contributed by atoms with E-state index >= 15 is 0 Å². The third kappa shape index (κ3) is 5.28. The Morgan fingerprint density at radius 1 is 1.60 bits per heavy atom. The Morgan fingerprint density at radius 3 is 3.05 bits per heavy atom. The van der Waals surface area contributed by atoms with Gasteiger partial charge in [0.05, 0.1) is 12.9 Å². The predicted octanol–water partition coefficient (Wildman–Crippen LogP) is 1.04. The van der Waals surface area contributed by atoms with Crippen LogP contribution in [0.3, 0.4) is 0 Å². The van der Waals surface area contributed by atoms with Crippen LogP contribution in [-0.4, -0.2) is 60.8 Å². The molecule has 1 aromatic heterocycles. The lowest BCUT2D eigenvalue weighted by Crippen LogP contribution is -2.42. The number of aromatic nitrogens is 2. The largest absolute Gasteiger partial charge is 0.381 e. The smallest absolute Gasteiger partial charge is 0.193 e. The van der Waals surface area contributed by atoms with Crippen molar-refractivity contribution in [1.29, 1.82) is 0 Å². The standard InChI is InChI=1S/C13H23N5O.HI/c1-14-13(16-5-7-18-6-4-15-11-18)17(2)9-12-3-8-19-10-12;/h4,6,11-12H,3,5,7-10H2,1-2H3,(H,14,16);1H. The summed E-state index contributed by atoms with van der Waals surface area (Å²) in [5, 5.41) is 3.37. The Kier molecular flexibility index (Phi) is 7.90. The van der Waals surface area contributed by atoms with Crippen molar-refractivity contribution in [3.8, 4) is 0 Å². The lowest BCUT2D eigenvalue weighted by atomic mass is 10.1. The van der Waals surface area contributed by atoms with Crippen LogP contribution < -0.4 is 5.32 Å². The van der Waals surface area contributed by atoms with Gasteiger partial charge in [-0.15, -0.1) is 24.0 Å². The number of rotatable bonds is 5. The Hall–Kier alpha value is -0.830. The molecule has 0 aliphatic carbocycles. The molecule has 0 aromatic carbocycles. The van der Waals surface area contributed by atoms with Crippen LogP contribution in [-0.2, 0) is 11.3 Å². The van der Waals surface area contributed by atoms with Crippen LogP contribution >= 0.6 is 24.0 Å². The number of hydrogen-bond donors (Lipinski definition) is 1. The lowest BCUT2D eigenvalue weighted by Gasteiger charge is -2.24. The summed E-state index contributed by atoms with van der Waals surface area (Å²) in [4.78, 5) is 10.5. The summed E-state index contributed by atoms with van der Waals surface area (Å²) < 4.78 is 7.45. The van der Waals surface area contributed by atoms with Crippen LogP contribution in [0.15, 0.2) is 23.7 Å². The fourth-order valence-electron chi connectivity index (χ4n) is 2.30. The SMILES string of the molecule is CN=C(NCCn1ccnc1)N(C)CC1CCOC1.I. The average Bonchev–Trinajstić information content (AvgIpc) is 3.07. The molecule has 2 rings (SSSR count). The van der Waals surface area contributed by atoms with Gasteiger partial charge in [0, 0.05) is 58.6 Å². The first-order valence-electron chi connectivity index (χ1n) is 6.75. The molecule has 1 saturated heterocycles. The first-order chi connectivity index (χ1) is 9.29. The van der Waals surface area contributed by atoms with E-state index in [4.69, 9.17) is 4.74 Å². The van der Waals surface area contributed by atoms with Crippen molar-refractivity contribution in [3.63, 3.8) is 0 Å². The molecule has 0 spiro atoms. The van der Waals surface area contributed by atoms with Gasteiger partial charge in [-0.1, -0.05) is 0 Å². The van der Waals surface area contributed by atoms with E-state index in [1.807, 2.05) is 24.1 Å². The molecule has 114 valence electrons. The van der Waals surface area contributed by atoms with E-state index in [1.165, 1.54) is 0 Å². The van der Waals surface area contributed by atoms with E-state index in [-0.39, 0.29) is 24.0 Å². The minimum atomic E-state index is 0. The normalized spacial score (nSPS) is 18.7. The molecule has 0 saturated carbocycles. The van der Waals surface area contributed by atoms with Gasteiger partial charge in [-0.2, -0.15) is 0 Å². The van der Waals surface area contributed by atoms with Gasteiger partial charge in [0.1, 0.15) is 0 Å². The predicted molar refractivity (Wildman–Crippen MR) is 90.6 cm³/mol. The van der Waals surface area contributed by atoms with E-state index < -0.39 is 0 Å². The van der Waals surface area contributed by atoms with Crippen LogP contribution in [0.1, 0.15) is 6.42 Å². The minimum Gasteiger partial charge on any atom is -0.381 e. The van der Waals surface area contributed by atoms with E-state index in [0.29, 0.717) is 5.92 Å². The summed E-state index contributed by atoms with van der Waals surface area (Å²) in [5.41, 5.74) is 0. The summed E-state index contributed by atoms with van der Waals surface area (Å²) in [6.45, 7) is 4.49. The maximum atomic E-state index is 5.40. The van der Waals surface area contributed by atoms with Crippen molar-refractivity contribution < 1.29 is 4.74 Å². The summed E-state index contributed by atoms with van der Waals surface area (Å²) in [5.74, 6) is 1.56. The molecule has 0 bridgehead atoms. The quantitative estimate of drug-likeness (QED) is 0.462. The lowest BCUT2D eigenvalue weighted by molar-refractivity contribution is 0.181. The monoisotopic (exact) mass is 393 g/mol. The van der Waals surface area contributed by atoms with Gasteiger partial charge >= 0.3 is 0 Å². The number of hydrogen-bond acceptors (Lipinski definition) is 3. The Balaban J connectivity index is 0.00000200. The molecule has 0 radical (unpaired) electrons. The van der Waals surface area contributed by atoms with E-state index in [9.17, 15) is 0 Å². The number of nitrogens with zero attached hydrogens (tertiary/aromatic N) is 4. The van der Waals surface area contributed by atoms with E-state index in [0.717, 1.165) is 45.2 Å². The van der Waals surface area contributed by atoms with Gasteiger partial charge in [0.2, 0.25) is 0 Å². The van der Waals surface area contributed by atoms with Crippen molar-refractivity contribution in [3.05, 3.63) is 18.7 Å². The summed E-state index contributed by atoms with van der Waals surface area (Å²) in [7, 11) is 3.89. The van der Waals surface area contributed by atoms with E-state index in [2.05, 4.69) is 27.2 Å². The molecule has 1 fully saturated rings. The van der Waals surface area contributed by atoms with Gasteiger partial charge in [0.15, 0.2) is 5.96 Å². The van der Waals surface area contributed by atoms with Crippen molar-refractivity contribution in [2.24, 2.45) is 10.9 Å². The molecule has 20 heavy (non-hydrogen) atoms. The van der Waals surface area contributed by atoms with Crippen LogP contribution in [0.4, 0.5) is 0 Å². The molecular formula is C13H24IN5O. The van der Waals surface area contributed by atoms with E-state index in [1.54, 1.807) is 6.20 Å². The van der Waals surface area contributed by atoms with Gasteiger partial charge in [0.25, 0.3) is 0 Å². The molecule has 1 aliphatic heterocycles. The number of guanidine groups is 1. The highest BCUT2D eigenvalue weighted by Crippen LogP contribution is 2.13. The molecule has 0 amide bonds. The van der Waals surface area contributed by atoms with Gasteiger partial charge in [-0.05, 0) is 6.42 Å². The van der Waals surface area contributed by atoms with Gasteiger partial charge in [-0.3, -0.25) is 4.99 Å². The highest BCUT2D eigenvalue weighted by molar-refractivity contribution is 14.0. The Morgan fingerprint density at radius 2 is 2.45 bits per heavy atom. The molecule has 7 heteroatoms. The Labute approximate surface area is 137 Å². The third-order valence-corrected chi connectivity index (χ3v) is 3.34. The second kappa shape index (κ2) is 9.17. The molecule has 1 unspecified atom stereocenters. The molecule has 1 N–H and O–H groups in total. The van der Waals surface area contributed by atoms with Crippen molar-refractivity contribution in [2.45, 2.75) is 13.0 Å². The highest BCUT2D eigenvalue weighted by atomic mass is 127. The fourth-order valence-corrected chi connectivity index (χ4v) is 2.30. The van der Waals surface area contributed by atoms with Crippen molar-refractivity contribution in [2.75, 3.05) is 40.4 Å². The minimum absolute atomic E-state index is 0. The molecule has 1 aliphatic rings. The van der Waals surface area contributed by atoms with Crippen LogP contribution in [0.2, 0.25) is 0 Å². The zero-order valence-electron chi connectivity index (χ0n) is 12.2. The molecule has 2 heterocycles. The highest BCUT2D eigenvalue weighted by Gasteiger charge is 2.18. The number of halogens is 1. The first kappa shape index (κ1) is 17.2. The zero-order chi connectivity index (χ0) is 13.5. The summed E-state index contributed by atoms with van der Waals surface area (Å²) >= 11 is 0. The van der Waals surface area contributed by atoms with Gasteiger partial charge < -0.3 is 19.5 Å². The van der Waals surface area contributed by atoms with Crippen LogP contribution in [0, 0.1) is 5.92 Å². The summed E-state index contributed by atoms with van der Waals surface area (Å²) in [6.07, 6.45) is 6.73. The number of imidazole rings is 1. The number of ether oxygens (including phenoxy) is 1. The molecule has 1 atom stereocenters. The van der Waals surface area contributed by atoms with Crippen LogP contribution in [0.5, 0.6) is 0 Å². The Bertz CT molecular complexity index is 389. The number of aliphatic imine (C=N–C) groups is 1. The maximum absolute atomic E-state index is 5.40. The zero-order valence-corrected chi connectivity index (χ0v) is 14.5. The topological polar surface area (TPSA) is 54.7 Å². The number of nitrogens with one attached hydrogen (secondary N) is 1. The maximum Gasteiger partial charge on any atom is 0.193 e. The molecular weight excluding hydrogens is 369 g/mol. The van der Waals surface area contributed by atoms with Crippen LogP contribution in [0.25, 0.3) is 0 Å². The van der Waals surface area contributed by atoms with Crippen molar-refractivity contribution in [1.82, 2.24) is 19.8 Å². The fraction of sp³-hybridized carbons (Fsp3) is 0.692. The summed E-state index contributed by atoms with van der Waals surface area (Å²) in [6, 6.07) is 0. The van der Waals surface area contributed by atoms with Crippen molar-refractivity contribution >= 4 is 29.9 Å². The first-order valence-corrected chi connectivity index (χ1v) is 6.75. The van der Waals surface area contributed by atoms with Gasteiger partial charge in [-0.25, -0.2) is 4.98 Å².